The highest BCUT2D eigenvalue weighted by Gasteiger charge is 2.31. The number of anilines is 2. The number of thiazole rings is 1. The van der Waals surface area contributed by atoms with Crippen LogP contribution in [0.2, 0.25) is 0 Å². The Morgan fingerprint density at radius 1 is 0.914 bits per heavy atom. The number of alkyl halides is 3. The van der Waals surface area contributed by atoms with Crippen LogP contribution in [-0.2, 0) is 15.8 Å². The Labute approximate surface area is 199 Å². The molecule has 0 saturated carbocycles. The van der Waals surface area contributed by atoms with Gasteiger partial charge in [-0.15, -0.1) is 0 Å². The van der Waals surface area contributed by atoms with E-state index in [1.165, 1.54) is 6.07 Å². The van der Waals surface area contributed by atoms with Crippen LogP contribution in [-0.4, -0.2) is 27.9 Å². The number of carbonyl (C=O) groups is 3. The minimum absolute atomic E-state index is 0.213. The maximum absolute atomic E-state index is 13.0. The van der Waals surface area contributed by atoms with E-state index < -0.39 is 35.3 Å². The third kappa shape index (κ3) is 5.55. The monoisotopic (exact) mass is 501 g/mol. The number of carbonyl (C=O) groups excluding carboxylic acids is 2. The van der Waals surface area contributed by atoms with Gasteiger partial charge in [0.25, 0.3) is 11.1 Å². The zero-order chi connectivity index (χ0) is 25.2. The van der Waals surface area contributed by atoms with Gasteiger partial charge >= 0.3 is 18.1 Å². The number of halogens is 3. The number of ether oxygens (including phenoxy) is 1. The normalized spacial score (nSPS) is 11.2. The van der Waals surface area contributed by atoms with Crippen molar-refractivity contribution in [1.29, 1.82) is 0 Å². The van der Waals surface area contributed by atoms with Crippen LogP contribution in [0.5, 0.6) is 10.9 Å². The Morgan fingerprint density at radius 3 is 2.37 bits per heavy atom. The Balaban J connectivity index is 1.63. The molecule has 0 aliphatic heterocycles. The minimum atomic E-state index is -4.60. The van der Waals surface area contributed by atoms with Crippen LogP contribution in [0.15, 0.2) is 66.7 Å². The summed E-state index contributed by atoms with van der Waals surface area (Å²) in [4.78, 5) is 39.2. The summed E-state index contributed by atoms with van der Waals surface area (Å²) in [5.74, 6) is -4.65. The first-order valence-corrected chi connectivity index (χ1v) is 10.6. The van der Waals surface area contributed by atoms with Crippen molar-refractivity contribution < 1.29 is 37.4 Å². The molecule has 8 nitrogen and oxygen atoms in total. The van der Waals surface area contributed by atoms with Gasteiger partial charge in [-0.2, -0.15) is 18.2 Å². The molecule has 3 N–H and O–H groups in total. The van der Waals surface area contributed by atoms with E-state index in [-0.39, 0.29) is 15.8 Å². The molecular formula is C23H14F3N3O5S. The van der Waals surface area contributed by atoms with E-state index in [0.29, 0.717) is 17.0 Å². The van der Waals surface area contributed by atoms with Gasteiger partial charge in [-0.3, -0.25) is 14.9 Å². The number of nitrogens with one attached hydrogen (secondary N) is 2. The minimum Gasteiger partial charge on any atom is -0.474 e. The smallest absolute Gasteiger partial charge is 0.416 e. The van der Waals surface area contributed by atoms with Gasteiger partial charge in [0.2, 0.25) is 0 Å². The Hall–Kier alpha value is -4.45. The topological polar surface area (TPSA) is 118 Å². The van der Waals surface area contributed by atoms with Gasteiger partial charge in [-0.1, -0.05) is 47.7 Å². The molecule has 2 amide bonds. The van der Waals surface area contributed by atoms with Gasteiger partial charge in [0.1, 0.15) is 10.6 Å². The quantitative estimate of drug-likeness (QED) is 0.316. The molecular weight excluding hydrogens is 487 g/mol. The fourth-order valence-corrected chi connectivity index (χ4v) is 3.82. The molecule has 4 aromatic rings. The predicted molar refractivity (Wildman–Crippen MR) is 122 cm³/mol. The second-order valence-electron chi connectivity index (χ2n) is 7.06. The van der Waals surface area contributed by atoms with Crippen molar-refractivity contribution in [2.45, 2.75) is 6.18 Å². The van der Waals surface area contributed by atoms with Gasteiger partial charge in [0.15, 0.2) is 5.82 Å². The van der Waals surface area contributed by atoms with Crippen LogP contribution in [0.3, 0.4) is 0 Å². The Bertz CT molecular complexity index is 1450. The maximum atomic E-state index is 13.0. The number of hydrogen-bond donors (Lipinski definition) is 3. The average Bonchev–Trinajstić information content (AvgIpc) is 3.20. The fourth-order valence-electron chi connectivity index (χ4n) is 3.04. The number of rotatable bonds is 5. The number of hydrogen-bond acceptors (Lipinski definition) is 6. The van der Waals surface area contributed by atoms with Crippen molar-refractivity contribution >= 4 is 51.4 Å². The van der Waals surface area contributed by atoms with Gasteiger partial charge in [-0.05, 0) is 41.1 Å². The molecule has 1 aromatic heterocycles. The van der Waals surface area contributed by atoms with E-state index in [1.54, 1.807) is 18.2 Å². The summed E-state index contributed by atoms with van der Waals surface area (Å²) in [6, 6.07) is 16.6. The third-order valence-electron chi connectivity index (χ3n) is 4.61. The van der Waals surface area contributed by atoms with Gasteiger partial charge < -0.3 is 15.2 Å². The number of aliphatic carboxylic acids is 1. The average molecular weight is 501 g/mol. The van der Waals surface area contributed by atoms with Gasteiger partial charge in [0.05, 0.1) is 5.56 Å². The van der Waals surface area contributed by atoms with Crippen molar-refractivity contribution in [2.75, 3.05) is 10.6 Å². The molecule has 0 radical (unpaired) electrons. The molecule has 1 heterocycles. The first-order valence-electron chi connectivity index (χ1n) is 9.80. The lowest BCUT2D eigenvalue weighted by atomic mass is 10.1. The van der Waals surface area contributed by atoms with Crippen LogP contribution in [0.1, 0.15) is 15.2 Å². The van der Waals surface area contributed by atoms with Crippen molar-refractivity contribution in [2.24, 2.45) is 0 Å². The highest BCUT2D eigenvalue weighted by molar-refractivity contribution is 7.16. The fraction of sp³-hybridized carbons (Fsp3) is 0.0435. The SMILES string of the molecule is O=C(O)C(=O)Nc1nc(Oc2cccc(C(F)(F)F)c2)sc1C(=O)Nc1ccc2ccccc2c1. The number of aromatic nitrogens is 1. The molecule has 0 fully saturated rings. The molecule has 0 saturated heterocycles. The maximum Gasteiger partial charge on any atom is 0.416 e. The Morgan fingerprint density at radius 2 is 1.66 bits per heavy atom. The molecule has 35 heavy (non-hydrogen) atoms. The van der Waals surface area contributed by atoms with E-state index in [4.69, 9.17) is 9.84 Å². The zero-order valence-corrected chi connectivity index (χ0v) is 18.2. The highest BCUT2D eigenvalue weighted by Crippen LogP contribution is 2.36. The van der Waals surface area contributed by atoms with E-state index >= 15 is 0 Å². The first-order chi connectivity index (χ1) is 16.6. The van der Waals surface area contributed by atoms with Gasteiger partial charge in [0, 0.05) is 5.69 Å². The lowest BCUT2D eigenvalue weighted by Gasteiger charge is -2.08. The van der Waals surface area contributed by atoms with Crippen molar-refractivity contribution in [3.63, 3.8) is 0 Å². The van der Waals surface area contributed by atoms with E-state index in [9.17, 15) is 27.6 Å². The third-order valence-corrected chi connectivity index (χ3v) is 5.55. The summed E-state index contributed by atoms with van der Waals surface area (Å²) < 4.78 is 44.3. The van der Waals surface area contributed by atoms with Crippen molar-refractivity contribution in [3.8, 4) is 10.9 Å². The molecule has 3 aromatic carbocycles. The molecule has 12 heteroatoms. The van der Waals surface area contributed by atoms with E-state index in [2.05, 4.69) is 10.3 Å². The lowest BCUT2D eigenvalue weighted by Crippen LogP contribution is -2.23. The van der Waals surface area contributed by atoms with Crippen LogP contribution >= 0.6 is 11.3 Å². The van der Waals surface area contributed by atoms with Crippen LogP contribution in [0, 0.1) is 0 Å². The second-order valence-corrected chi connectivity index (χ2v) is 8.02. The highest BCUT2D eigenvalue weighted by atomic mass is 32.1. The molecule has 0 spiro atoms. The van der Waals surface area contributed by atoms with Crippen molar-refractivity contribution in [1.82, 2.24) is 4.98 Å². The molecule has 178 valence electrons. The molecule has 0 bridgehead atoms. The standard InChI is InChI=1S/C23H14F3N3O5S/c24-23(25,26)14-6-3-7-16(11-14)34-22-29-18(28-20(31)21(32)33)17(35-22)19(30)27-15-9-8-12-4-1-2-5-13(12)10-15/h1-11H,(H,27,30)(H,28,31)(H,32,33). The number of carboxylic acid groups (broad SMARTS) is 1. The summed E-state index contributed by atoms with van der Waals surface area (Å²) >= 11 is 0.618. The summed E-state index contributed by atoms with van der Waals surface area (Å²) in [5, 5.41) is 15.0. The summed E-state index contributed by atoms with van der Waals surface area (Å²) in [7, 11) is 0. The number of fused-ring (bicyclic) bond motifs is 1. The van der Waals surface area contributed by atoms with E-state index in [1.807, 2.05) is 29.6 Å². The largest absolute Gasteiger partial charge is 0.474 e. The summed E-state index contributed by atoms with van der Waals surface area (Å²) in [6.07, 6.45) is -4.60. The second kappa shape index (κ2) is 9.43. The summed E-state index contributed by atoms with van der Waals surface area (Å²) in [6.45, 7) is 0. The summed E-state index contributed by atoms with van der Waals surface area (Å²) in [5.41, 5.74) is -0.543. The molecule has 0 aliphatic carbocycles. The zero-order valence-electron chi connectivity index (χ0n) is 17.4. The molecule has 0 unspecified atom stereocenters. The number of benzene rings is 3. The van der Waals surface area contributed by atoms with E-state index in [0.717, 1.165) is 29.0 Å². The first kappa shape index (κ1) is 23.7. The Kier molecular flexibility index (Phi) is 6.38. The lowest BCUT2D eigenvalue weighted by molar-refractivity contribution is -0.147. The van der Waals surface area contributed by atoms with Crippen molar-refractivity contribution in [3.05, 3.63) is 77.2 Å². The number of carboxylic acids is 1. The molecule has 4 rings (SSSR count). The van der Waals surface area contributed by atoms with Crippen LogP contribution in [0.25, 0.3) is 10.8 Å². The number of amides is 2. The van der Waals surface area contributed by atoms with Crippen LogP contribution in [0.4, 0.5) is 24.7 Å². The van der Waals surface area contributed by atoms with Crippen LogP contribution < -0.4 is 15.4 Å². The van der Waals surface area contributed by atoms with Gasteiger partial charge in [-0.25, -0.2) is 4.79 Å². The molecule has 0 aliphatic rings. The molecule has 0 atom stereocenters. The number of nitrogens with zero attached hydrogens (tertiary/aromatic N) is 1. The predicted octanol–water partition coefficient (Wildman–Crippen LogP) is 5.38.